The van der Waals surface area contributed by atoms with Crippen LogP contribution in [0.25, 0.3) is 10.2 Å². The Kier molecular flexibility index (Phi) is 5.46. The number of carbonyl (C=O) groups excluding carboxylic acids is 2. The van der Waals surface area contributed by atoms with Crippen LogP contribution in [0, 0.1) is 13.8 Å². The van der Waals surface area contributed by atoms with Crippen LogP contribution in [0.15, 0.2) is 27.7 Å². The van der Waals surface area contributed by atoms with Gasteiger partial charge in [-0.25, -0.2) is 9.78 Å². The first-order valence-electron chi connectivity index (χ1n) is 9.89. The van der Waals surface area contributed by atoms with Gasteiger partial charge >= 0.3 is 5.97 Å². The molecule has 0 aromatic carbocycles. The average Bonchev–Trinajstić information content (AvgIpc) is 3.37. The SMILES string of the molecule is CCOC(=O)c1sc2ncn(CC(=O)N(Cc3ccc(C)o3)C3CC3)c(=O)c2c1C. The smallest absolute Gasteiger partial charge is 0.348 e. The molecule has 0 atom stereocenters. The second-order valence-corrected chi connectivity index (χ2v) is 8.40. The van der Waals surface area contributed by atoms with Gasteiger partial charge in [-0.15, -0.1) is 11.3 Å². The molecular weight excluding hydrogens is 406 g/mol. The second kappa shape index (κ2) is 8.06. The molecule has 3 aromatic rings. The summed E-state index contributed by atoms with van der Waals surface area (Å²) in [5.41, 5.74) is 0.208. The van der Waals surface area contributed by atoms with E-state index in [1.165, 1.54) is 10.9 Å². The number of hydrogen-bond donors (Lipinski definition) is 0. The lowest BCUT2D eigenvalue weighted by molar-refractivity contribution is -0.133. The third kappa shape index (κ3) is 3.89. The van der Waals surface area contributed by atoms with Gasteiger partial charge < -0.3 is 14.1 Å². The molecule has 8 nitrogen and oxygen atoms in total. The summed E-state index contributed by atoms with van der Waals surface area (Å²) in [5.74, 6) is 0.896. The van der Waals surface area contributed by atoms with Crippen molar-refractivity contribution in [3.63, 3.8) is 0 Å². The zero-order valence-electron chi connectivity index (χ0n) is 17.1. The molecule has 0 N–H and O–H groups in total. The highest BCUT2D eigenvalue weighted by atomic mass is 32.1. The van der Waals surface area contributed by atoms with Crippen molar-refractivity contribution in [1.82, 2.24) is 14.5 Å². The van der Waals surface area contributed by atoms with Gasteiger partial charge in [-0.1, -0.05) is 0 Å². The van der Waals surface area contributed by atoms with Crippen LogP contribution in [0.4, 0.5) is 0 Å². The number of hydrogen-bond acceptors (Lipinski definition) is 7. The van der Waals surface area contributed by atoms with Gasteiger partial charge in [-0.05, 0) is 51.3 Å². The van der Waals surface area contributed by atoms with Crippen LogP contribution in [0.1, 0.15) is 46.5 Å². The van der Waals surface area contributed by atoms with Crippen LogP contribution in [-0.4, -0.2) is 39.0 Å². The van der Waals surface area contributed by atoms with E-state index in [0.29, 0.717) is 27.2 Å². The predicted octanol–water partition coefficient (Wildman–Crippen LogP) is 3.04. The van der Waals surface area contributed by atoms with E-state index in [1.54, 1.807) is 18.7 Å². The van der Waals surface area contributed by atoms with Gasteiger partial charge in [-0.2, -0.15) is 0 Å². The Hall–Kier alpha value is -2.94. The molecule has 0 aliphatic heterocycles. The number of ether oxygens (including phenoxy) is 1. The summed E-state index contributed by atoms with van der Waals surface area (Å²) in [4.78, 5) is 45.1. The second-order valence-electron chi connectivity index (χ2n) is 7.40. The molecule has 0 unspecified atom stereocenters. The van der Waals surface area contributed by atoms with E-state index in [0.717, 1.165) is 35.7 Å². The van der Waals surface area contributed by atoms with E-state index in [9.17, 15) is 14.4 Å². The Morgan fingerprint density at radius 2 is 2.10 bits per heavy atom. The first kappa shape index (κ1) is 20.3. The van der Waals surface area contributed by atoms with E-state index in [2.05, 4.69) is 4.98 Å². The van der Waals surface area contributed by atoms with Crippen molar-refractivity contribution < 1.29 is 18.7 Å². The third-order valence-corrected chi connectivity index (χ3v) is 6.29. The number of aryl methyl sites for hydroxylation is 2. The summed E-state index contributed by atoms with van der Waals surface area (Å²) >= 11 is 1.13. The molecule has 1 aliphatic rings. The van der Waals surface area contributed by atoms with Gasteiger partial charge in [0.2, 0.25) is 5.91 Å². The average molecular weight is 429 g/mol. The molecule has 3 heterocycles. The van der Waals surface area contributed by atoms with Gasteiger partial charge in [0.1, 0.15) is 27.8 Å². The minimum absolute atomic E-state index is 0.109. The number of rotatable bonds is 7. The van der Waals surface area contributed by atoms with E-state index in [4.69, 9.17) is 9.15 Å². The van der Waals surface area contributed by atoms with Crippen LogP contribution < -0.4 is 5.56 Å². The number of amides is 1. The van der Waals surface area contributed by atoms with E-state index in [1.807, 2.05) is 19.1 Å². The van der Waals surface area contributed by atoms with Crippen molar-refractivity contribution in [2.24, 2.45) is 0 Å². The molecule has 9 heteroatoms. The lowest BCUT2D eigenvalue weighted by Crippen LogP contribution is -2.37. The minimum Gasteiger partial charge on any atom is -0.464 e. The molecule has 0 saturated heterocycles. The van der Waals surface area contributed by atoms with Crippen LogP contribution in [0.5, 0.6) is 0 Å². The highest BCUT2D eigenvalue weighted by Gasteiger charge is 2.33. The van der Waals surface area contributed by atoms with Gasteiger partial charge in [0, 0.05) is 6.04 Å². The number of aromatic nitrogens is 2. The predicted molar refractivity (Wildman–Crippen MR) is 112 cm³/mol. The highest BCUT2D eigenvalue weighted by molar-refractivity contribution is 7.20. The fraction of sp³-hybridized carbons (Fsp3) is 0.429. The van der Waals surface area contributed by atoms with E-state index >= 15 is 0 Å². The fourth-order valence-electron chi connectivity index (χ4n) is 3.44. The fourth-order valence-corrected chi connectivity index (χ4v) is 4.48. The number of nitrogens with zero attached hydrogens (tertiary/aromatic N) is 3. The molecule has 1 saturated carbocycles. The Bertz CT molecular complexity index is 1170. The first-order chi connectivity index (χ1) is 14.4. The summed E-state index contributed by atoms with van der Waals surface area (Å²) in [6.07, 6.45) is 3.27. The number of esters is 1. The van der Waals surface area contributed by atoms with Gasteiger partial charge in [0.25, 0.3) is 5.56 Å². The molecule has 1 fully saturated rings. The van der Waals surface area contributed by atoms with Crippen molar-refractivity contribution in [1.29, 1.82) is 0 Å². The standard InChI is InChI=1S/C21H23N3O5S/c1-4-28-21(27)18-13(3)17-19(30-18)22-11-23(20(17)26)10-16(25)24(14-6-7-14)9-15-8-5-12(2)29-15/h5,8,11,14H,4,6-7,9-10H2,1-3H3. The number of furan rings is 1. The number of thiophene rings is 1. The Labute approximate surface area is 177 Å². The Morgan fingerprint density at radius 1 is 1.33 bits per heavy atom. The van der Waals surface area contributed by atoms with E-state index in [-0.39, 0.29) is 30.7 Å². The van der Waals surface area contributed by atoms with E-state index < -0.39 is 5.97 Å². The first-order valence-corrected chi connectivity index (χ1v) is 10.7. The maximum absolute atomic E-state index is 13.0. The van der Waals surface area contributed by atoms with Crippen molar-refractivity contribution in [3.05, 3.63) is 50.8 Å². The van der Waals surface area contributed by atoms with Crippen molar-refractivity contribution in [3.8, 4) is 0 Å². The topological polar surface area (TPSA) is 94.6 Å². The van der Waals surface area contributed by atoms with Crippen LogP contribution in [-0.2, 0) is 22.6 Å². The van der Waals surface area contributed by atoms with Gasteiger partial charge in [-0.3, -0.25) is 14.2 Å². The highest BCUT2D eigenvalue weighted by Crippen LogP contribution is 2.30. The summed E-state index contributed by atoms with van der Waals surface area (Å²) < 4.78 is 12.0. The Balaban J connectivity index is 1.60. The van der Waals surface area contributed by atoms with Crippen LogP contribution in [0.3, 0.4) is 0 Å². The summed E-state index contributed by atoms with van der Waals surface area (Å²) in [6.45, 7) is 5.82. The quantitative estimate of drug-likeness (QED) is 0.536. The van der Waals surface area contributed by atoms with Gasteiger partial charge in [0.15, 0.2) is 0 Å². The molecule has 0 radical (unpaired) electrons. The summed E-state index contributed by atoms with van der Waals surface area (Å²) in [6, 6.07) is 3.91. The largest absolute Gasteiger partial charge is 0.464 e. The van der Waals surface area contributed by atoms with Crippen molar-refractivity contribution in [2.75, 3.05) is 6.61 Å². The van der Waals surface area contributed by atoms with Crippen molar-refractivity contribution in [2.45, 2.75) is 52.7 Å². The lowest BCUT2D eigenvalue weighted by Gasteiger charge is -2.21. The lowest BCUT2D eigenvalue weighted by atomic mass is 10.2. The monoisotopic (exact) mass is 429 g/mol. The number of carbonyl (C=O) groups is 2. The minimum atomic E-state index is -0.464. The number of fused-ring (bicyclic) bond motifs is 1. The van der Waals surface area contributed by atoms with Crippen LogP contribution >= 0.6 is 11.3 Å². The summed E-state index contributed by atoms with van der Waals surface area (Å²) in [5, 5.41) is 0.359. The zero-order valence-corrected chi connectivity index (χ0v) is 18.0. The zero-order chi connectivity index (χ0) is 21.4. The van der Waals surface area contributed by atoms with Gasteiger partial charge in [0.05, 0.1) is 24.9 Å². The third-order valence-electron chi connectivity index (χ3n) is 5.11. The molecule has 3 aromatic heterocycles. The molecule has 1 amide bonds. The molecular formula is C21H23N3O5S. The molecule has 0 spiro atoms. The maximum atomic E-state index is 13.0. The van der Waals surface area contributed by atoms with Crippen LogP contribution in [0.2, 0.25) is 0 Å². The molecule has 0 bridgehead atoms. The maximum Gasteiger partial charge on any atom is 0.348 e. The molecule has 30 heavy (non-hydrogen) atoms. The summed E-state index contributed by atoms with van der Waals surface area (Å²) in [7, 11) is 0. The molecule has 1 aliphatic carbocycles. The normalized spacial score (nSPS) is 13.6. The van der Waals surface area contributed by atoms with Crippen molar-refractivity contribution >= 4 is 33.4 Å². The molecule has 4 rings (SSSR count). The Morgan fingerprint density at radius 3 is 2.73 bits per heavy atom. The molecule has 158 valence electrons.